The molecule has 19 heavy (non-hydrogen) atoms. The van der Waals surface area contributed by atoms with Crippen LogP contribution >= 0.6 is 39.1 Å². The minimum absolute atomic E-state index is 0.120. The Morgan fingerprint density at radius 1 is 1.16 bits per heavy atom. The summed E-state index contributed by atoms with van der Waals surface area (Å²) < 4.78 is 0.894. The maximum Gasteiger partial charge on any atom is 0.233 e. The van der Waals surface area contributed by atoms with E-state index < -0.39 is 0 Å². The van der Waals surface area contributed by atoms with Gasteiger partial charge in [-0.05, 0) is 29.8 Å². The molecule has 1 aromatic heterocycles. The molecule has 2 rings (SSSR count). The van der Waals surface area contributed by atoms with Gasteiger partial charge < -0.3 is 10.2 Å². The number of nitrogens with zero attached hydrogens (tertiary/aromatic N) is 4. The van der Waals surface area contributed by atoms with Crippen molar-refractivity contribution in [2.24, 2.45) is 0 Å². The Balaban J connectivity index is 2.32. The van der Waals surface area contributed by atoms with Gasteiger partial charge in [0.2, 0.25) is 17.2 Å². The third-order valence-electron chi connectivity index (χ3n) is 2.17. The highest BCUT2D eigenvalue weighted by atomic mass is 79.9. The molecule has 0 unspecified atom stereocenters. The normalized spacial score (nSPS) is 10.4. The summed E-state index contributed by atoms with van der Waals surface area (Å²) in [5.74, 6) is 0.809. The van der Waals surface area contributed by atoms with E-state index in [-0.39, 0.29) is 5.28 Å². The van der Waals surface area contributed by atoms with Crippen LogP contribution < -0.4 is 10.2 Å². The summed E-state index contributed by atoms with van der Waals surface area (Å²) in [7, 11) is 3.64. The van der Waals surface area contributed by atoms with Gasteiger partial charge in [0.05, 0.1) is 10.7 Å². The maximum atomic E-state index is 6.11. The van der Waals surface area contributed by atoms with Crippen LogP contribution in [0.4, 0.5) is 17.6 Å². The van der Waals surface area contributed by atoms with Crippen molar-refractivity contribution in [3.63, 3.8) is 0 Å². The van der Waals surface area contributed by atoms with Gasteiger partial charge in [0.15, 0.2) is 0 Å². The van der Waals surface area contributed by atoms with Gasteiger partial charge in [-0.3, -0.25) is 0 Å². The summed E-state index contributed by atoms with van der Waals surface area (Å²) in [6.45, 7) is 0. The Bertz CT molecular complexity index is 606. The van der Waals surface area contributed by atoms with E-state index in [0.717, 1.165) is 4.47 Å². The number of aromatic nitrogens is 3. The third kappa shape index (κ3) is 3.68. The molecule has 0 saturated heterocycles. The molecule has 100 valence electrons. The van der Waals surface area contributed by atoms with Crippen LogP contribution in [-0.4, -0.2) is 29.0 Å². The molecule has 0 aliphatic heterocycles. The van der Waals surface area contributed by atoms with Gasteiger partial charge in [-0.1, -0.05) is 27.5 Å². The molecule has 2 aromatic rings. The van der Waals surface area contributed by atoms with Crippen molar-refractivity contribution < 1.29 is 0 Å². The molecule has 0 atom stereocenters. The van der Waals surface area contributed by atoms with Crippen molar-refractivity contribution in [1.29, 1.82) is 0 Å². The Labute approximate surface area is 129 Å². The highest BCUT2D eigenvalue weighted by molar-refractivity contribution is 9.10. The molecule has 0 aliphatic carbocycles. The Morgan fingerprint density at radius 2 is 1.89 bits per heavy atom. The minimum atomic E-state index is 0.120. The van der Waals surface area contributed by atoms with Crippen molar-refractivity contribution in [2.75, 3.05) is 24.3 Å². The van der Waals surface area contributed by atoms with E-state index in [1.165, 1.54) is 0 Å². The molecule has 1 N–H and O–H groups in total. The summed E-state index contributed by atoms with van der Waals surface area (Å²) in [5, 5.41) is 3.68. The molecule has 0 spiro atoms. The zero-order valence-corrected chi connectivity index (χ0v) is 13.3. The summed E-state index contributed by atoms with van der Waals surface area (Å²) in [4.78, 5) is 14.0. The zero-order chi connectivity index (χ0) is 14.0. The molecule has 0 saturated carbocycles. The van der Waals surface area contributed by atoms with Gasteiger partial charge in [-0.2, -0.15) is 15.0 Å². The third-order valence-corrected chi connectivity index (χ3v) is 3.15. The summed E-state index contributed by atoms with van der Waals surface area (Å²) in [6, 6.07) is 5.46. The van der Waals surface area contributed by atoms with Crippen LogP contribution in [0.5, 0.6) is 0 Å². The lowest BCUT2D eigenvalue weighted by atomic mass is 10.3. The Hall–Kier alpha value is -1.11. The van der Waals surface area contributed by atoms with Crippen LogP contribution in [0.3, 0.4) is 0 Å². The first-order valence-electron chi connectivity index (χ1n) is 5.26. The van der Waals surface area contributed by atoms with Crippen LogP contribution in [0, 0.1) is 0 Å². The molecule has 1 aromatic carbocycles. The van der Waals surface area contributed by atoms with Crippen molar-refractivity contribution in [3.8, 4) is 0 Å². The van der Waals surface area contributed by atoms with E-state index >= 15 is 0 Å². The number of halogens is 3. The fourth-order valence-corrected chi connectivity index (χ4v) is 2.18. The molecular weight excluding hydrogens is 353 g/mol. The largest absolute Gasteiger partial charge is 0.347 e. The van der Waals surface area contributed by atoms with Crippen LogP contribution in [0.25, 0.3) is 0 Å². The fraction of sp³-hybridized carbons (Fsp3) is 0.182. The van der Waals surface area contributed by atoms with E-state index in [9.17, 15) is 0 Å². The van der Waals surface area contributed by atoms with E-state index in [1.54, 1.807) is 11.0 Å². The van der Waals surface area contributed by atoms with Crippen molar-refractivity contribution in [3.05, 3.63) is 33.0 Å². The quantitative estimate of drug-likeness (QED) is 0.901. The van der Waals surface area contributed by atoms with E-state index in [0.29, 0.717) is 22.6 Å². The van der Waals surface area contributed by atoms with Gasteiger partial charge in [0.25, 0.3) is 0 Å². The predicted molar refractivity (Wildman–Crippen MR) is 81.6 cm³/mol. The monoisotopic (exact) mass is 361 g/mol. The van der Waals surface area contributed by atoms with Gasteiger partial charge in [-0.25, -0.2) is 0 Å². The second-order valence-corrected chi connectivity index (χ2v) is 5.53. The lowest BCUT2D eigenvalue weighted by Gasteiger charge is -2.12. The average Bonchev–Trinajstić information content (AvgIpc) is 2.32. The first kappa shape index (κ1) is 14.3. The van der Waals surface area contributed by atoms with Crippen LogP contribution in [-0.2, 0) is 0 Å². The zero-order valence-electron chi connectivity index (χ0n) is 10.2. The Morgan fingerprint density at radius 3 is 2.53 bits per heavy atom. The molecule has 0 radical (unpaired) electrons. The van der Waals surface area contributed by atoms with Crippen LogP contribution in [0.15, 0.2) is 22.7 Å². The molecule has 0 aliphatic rings. The van der Waals surface area contributed by atoms with Crippen molar-refractivity contribution >= 4 is 56.7 Å². The number of anilines is 3. The molecule has 0 bridgehead atoms. The van der Waals surface area contributed by atoms with Gasteiger partial charge >= 0.3 is 0 Å². The first-order chi connectivity index (χ1) is 8.95. The van der Waals surface area contributed by atoms with Gasteiger partial charge in [0, 0.05) is 18.6 Å². The number of rotatable bonds is 3. The second-order valence-electron chi connectivity index (χ2n) is 3.87. The molecular formula is C11H10BrCl2N5. The fourth-order valence-electron chi connectivity index (χ4n) is 1.31. The van der Waals surface area contributed by atoms with Gasteiger partial charge in [0.1, 0.15) is 0 Å². The summed E-state index contributed by atoms with van der Waals surface area (Å²) >= 11 is 15.3. The van der Waals surface area contributed by atoms with E-state index in [1.807, 2.05) is 26.2 Å². The molecule has 8 heteroatoms. The SMILES string of the molecule is CN(C)c1nc(Cl)nc(Nc2ccc(Br)cc2Cl)n1. The first-order valence-corrected chi connectivity index (χ1v) is 6.81. The summed E-state index contributed by atoms with van der Waals surface area (Å²) in [5.41, 5.74) is 0.692. The van der Waals surface area contributed by atoms with Crippen molar-refractivity contribution in [1.82, 2.24) is 15.0 Å². The standard InChI is InChI=1S/C11H10BrCl2N5/c1-19(2)11-17-9(14)16-10(18-11)15-8-4-3-6(12)5-7(8)13/h3-5H,1-2H3,(H,15,16,17,18). The van der Waals surface area contributed by atoms with Gasteiger partial charge in [-0.15, -0.1) is 0 Å². The van der Waals surface area contributed by atoms with Crippen molar-refractivity contribution in [2.45, 2.75) is 0 Å². The smallest absolute Gasteiger partial charge is 0.233 e. The van der Waals surface area contributed by atoms with Crippen LogP contribution in [0.1, 0.15) is 0 Å². The number of nitrogens with one attached hydrogen (secondary N) is 1. The lowest BCUT2D eigenvalue weighted by Crippen LogP contribution is -2.14. The molecule has 0 amide bonds. The number of benzene rings is 1. The van der Waals surface area contributed by atoms with Crippen LogP contribution in [0.2, 0.25) is 10.3 Å². The predicted octanol–water partition coefficient (Wildman–Crippen LogP) is 3.75. The molecule has 0 fully saturated rings. The minimum Gasteiger partial charge on any atom is -0.347 e. The van der Waals surface area contributed by atoms with E-state index in [2.05, 4.69) is 36.2 Å². The Kier molecular flexibility index (Phi) is 4.44. The number of hydrogen-bond donors (Lipinski definition) is 1. The topological polar surface area (TPSA) is 53.9 Å². The lowest BCUT2D eigenvalue weighted by molar-refractivity contribution is 0.961. The number of hydrogen-bond acceptors (Lipinski definition) is 5. The highest BCUT2D eigenvalue weighted by Gasteiger charge is 2.08. The summed E-state index contributed by atoms with van der Waals surface area (Å²) in [6.07, 6.45) is 0. The molecule has 5 nitrogen and oxygen atoms in total. The highest BCUT2D eigenvalue weighted by Crippen LogP contribution is 2.27. The average molecular weight is 363 g/mol. The maximum absolute atomic E-state index is 6.11. The van der Waals surface area contributed by atoms with E-state index in [4.69, 9.17) is 23.2 Å². The molecule has 1 heterocycles. The second kappa shape index (κ2) is 5.90.